The quantitative estimate of drug-likeness (QED) is 0.635. The van der Waals surface area contributed by atoms with Gasteiger partial charge in [0.2, 0.25) is 17.7 Å². The Hall–Kier alpha value is -3.17. The summed E-state index contributed by atoms with van der Waals surface area (Å²) in [4.78, 5) is 43.4. The lowest BCUT2D eigenvalue weighted by Crippen LogP contribution is -2.64. The Morgan fingerprint density at radius 1 is 1.32 bits per heavy atom. The Labute approximate surface area is 183 Å². The van der Waals surface area contributed by atoms with Gasteiger partial charge in [-0.1, -0.05) is 11.6 Å². The van der Waals surface area contributed by atoms with Gasteiger partial charge in [-0.25, -0.2) is 4.98 Å². The van der Waals surface area contributed by atoms with Gasteiger partial charge in [0, 0.05) is 23.8 Å². The van der Waals surface area contributed by atoms with E-state index in [-0.39, 0.29) is 36.2 Å². The predicted molar refractivity (Wildman–Crippen MR) is 111 cm³/mol. The summed E-state index contributed by atoms with van der Waals surface area (Å²) in [5, 5.41) is 15.7. The van der Waals surface area contributed by atoms with Crippen LogP contribution in [0.25, 0.3) is 0 Å². The number of ether oxygens (including phenoxy) is 1. The zero-order chi connectivity index (χ0) is 22.1. The van der Waals surface area contributed by atoms with Crippen LogP contribution >= 0.6 is 11.6 Å². The van der Waals surface area contributed by atoms with Gasteiger partial charge in [0.1, 0.15) is 23.4 Å². The summed E-state index contributed by atoms with van der Waals surface area (Å²) in [5.74, 6) is -0.524. The number of aliphatic hydroxyl groups is 1. The average molecular weight is 445 g/mol. The van der Waals surface area contributed by atoms with Crippen LogP contribution in [0.15, 0.2) is 42.6 Å². The van der Waals surface area contributed by atoms with Crippen LogP contribution in [0.1, 0.15) is 23.7 Å². The normalized spacial score (nSPS) is 23.7. The third kappa shape index (κ3) is 4.33. The van der Waals surface area contributed by atoms with E-state index in [0.29, 0.717) is 10.8 Å². The molecule has 2 saturated heterocycles. The molecular weight excluding hydrogens is 424 g/mol. The molecule has 0 saturated carbocycles. The Kier molecular flexibility index (Phi) is 5.79. The summed E-state index contributed by atoms with van der Waals surface area (Å²) in [6.07, 6.45) is 0.787. The molecule has 0 aliphatic carbocycles. The zero-order valence-electron chi connectivity index (χ0n) is 16.6. The van der Waals surface area contributed by atoms with Gasteiger partial charge in [-0.15, -0.1) is 0 Å². The summed E-state index contributed by atoms with van der Waals surface area (Å²) in [5.41, 5.74) is 0.222. The van der Waals surface area contributed by atoms with Crippen LogP contribution in [0.4, 0.5) is 0 Å². The highest BCUT2D eigenvalue weighted by Gasteiger charge is 2.48. The van der Waals surface area contributed by atoms with Crippen LogP contribution in [0.5, 0.6) is 11.6 Å². The molecule has 31 heavy (non-hydrogen) atoms. The van der Waals surface area contributed by atoms with E-state index >= 15 is 0 Å². The number of amides is 3. The fourth-order valence-corrected chi connectivity index (χ4v) is 3.90. The molecule has 2 aliphatic heterocycles. The Bertz CT molecular complexity index is 1010. The predicted octanol–water partition coefficient (Wildman–Crippen LogP) is 1.11. The smallest absolute Gasteiger partial charge is 0.257 e. The van der Waals surface area contributed by atoms with Crippen molar-refractivity contribution in [3.63, 3.8) is 0 Å². The number of halogens is 1. The fraction of sp³-hybridized carbons (Fsp3) is 0.333. The molecule has 1 aromatic heterocycles. The number of aromatic nitrogens is 1. The van der Waals surface area contributed by atoms with Crippen LogP contribution in [0, 0.1) is 0 Å². The minimum Gasteiger partial charge on any atom is -0.438 e. The molecule has 1 aromatic carbocycles. The molecule has 0 bridgehead atoms. The summed E-state index contributed by atoms with van der Waals surface area (Å²) < 4.78 is 5.73. The van der Waals surface area contributed by atoms with Gasteiger partial charge in [0.25, 0.3) is 5.91 Å². The number of nitrogens with zero attached hydrogens (tertiary/aromatic N) is 2. The Balaban J connectivity index is 1.47. The first-order valence-corrected chi connectivity index (χ1v) is 10.2. The second-order valence-corrected chi connectivity index (χ2v) is 7.99. The first-order chi connectivity index (χ1) is 14.8. The topological polar surface area (TPSA) is 121 Å². The first-order valence-electron chi connectivity index (χ1n) is 9.81. The number of hydrogen-bond acceptors (Lipinski definition) is 6. The molecule has 0 radical (unpaired) electrons. The van der Waals surface area contributed by atoms with Crippen molar-refractivity contribution in [2.45, 2.75) is 37.6 Å². The van der Waals surface area contributed by atoms with Gasteiger partial charge in [0.05, 0.1) is 6.10 Å². The van der Waals surface area contributed by atoms with Gasteiger partial charge < -0.3 is 25.4 Å². The van der Waals surface area contributed by atoms with Crippen molar-refractivity contribution in [1.29, 1.82) is 0 Å². The molecule has 10 heteroatoms. The number of benzene rings is 1. The number of aliphatic hydroxyl groups excluding tert-OH is 1. The van der Waals surface area contributed by atoms with Crippen molar-refractivity contribution in [3.8, 4) is 11.6 Å². The largest absolute Gasteiger partial charge is 0.438 e. The molecular formula is C21H21ClN4O5. The number of carbonyl (C=O) groups excluding carboxylic acids is 3. The lowest BCUT2D eigenvalue weighted by Gasteiger charge is -2.35. The summed E-state index contributed by atoms with van der Waals surface area (Å²) >= 11 is 5.88. The summed E-state index contributed by atoms with van der Waals surface area (Å²) in [6, 6.07) is 7.77. The van der Waals surface area contributed by atoms with Gasteiger partial charge in [-0.3, -0.25) is 14.4 Å². The average Bonchev–Trinajstić information content (AvgIpc) is 3.17. The van der Waals surface area contributed by atoms with Crippen molar-refractivity contribution < 1.29 is 24.2 Å². The van der Waals surface area contributed by atoms with Crippen molar-refractivity contribution in [3.05, 3.63) is 53.2 Å². The van der Waals surface area contributed by atoms with Crippen molar-refractivity contribution in [1.82, 2.24) is 20.5 Å². The maximum absolute atomic E-state index is 12.9. The monoisotopic (exact) mass is 444 g/mol. The SMILES string of the molecule is C[C@H](O)[C@H]1NC(=O)[C@@H]2C[C@H](NC(=O)c3cccnc3Oc3ccc(Cl)cc3)CN2C1=O. The standard InChI is InChI=1S/C21H21ClN4O5/c1-11(27)17-21(30)26-10-13(9-16(26)19(29)25-17)24-18(28)15-3-2-8-23-20(15)31-14-6-4-12(22)5-7-14/h2-8,11,13,16-17,27H,9-10H2,1H3,(H,24,28)(H,25,29)/t11-,13-,16-,17+/m0/s1. The highest BCUT2D eigenvalue weighted by Crippen LogP contribution is 2.26. The molecule has 0 spiro atoms. The highest BCUT2D eigenvalue weighted by atomic mass is 35.5. The van der Waals surface area contributed by atoms with E-state index in [2.05, 4.69) is 15.6 Å². The second kappa shape index (κ2) is 8.52. The Morgan fingerprint density at radius 2 is 2.06 bits per heavy atom. The number of nitrogens with one attached hydrogen (secondary N) is 2. The van der Waals surface area contributed by atoms with Crippen LogP contribution < -0.4 is 15.4 Å². The lowest BCUT2D eigenvalue weighted by atomic mass is 10.0. The molecule has 2 fully saturated rings. The maximum atomic E-state index is 12.9. The Morgan fingerprint density at radius 3 is 2.77 bits per heavy atom. The lowest BCUT2D eigenvalue weighted by molar-refractivity contribution is -0.149. The highest BCUT2D eigenvalue weighted by molar-refractivity contribution is 6.30. The fourth-order valence-electron chi connectivity index (χ4n) is 3.77. The molecule has 4 rings (SSSR count). The van der Waals surface area contributed by atoms with Crippen LogP contribution in [0.2, 0.25) is 5.02 Å². The van der Waals surface area contributed by atoms with E-state index in [1.54, 1.807) is 36.4 Å². The molecule has 3 N–H and O–H groups in total. The third-order valence-corrected chi connectivity index (χ3v) is 5.56. The van der Waals surface area contributed by atoms with Crippen molar-refractivity contribution in [2.75, 3.05) is 6.54 Å². The molecule has 0 unspecified atom stereocenters. The summed E-state index contributed by atoms with van der Waals surface area (Å²) in [7, 11) is 0. The van der Waals surface area contributed by atoms with Crippen molar-refractivity contribution >= 4 is 29.3 Å². The van der Waals surface area contributed by atoms with Gasteiger partial charge in [-0.2, -0.15) is 0 Å². The van der Waals surface area contributed by atoms with Gasteiger partial charge in [-0.05, 0) is 49.7 Å². The van der Waals surface area contributed by atoms with Crippen LogP contribution in [-0.4, -0.2) is 63.5 Å². The second-order valence-electron chi connectivity index (χ2n) is 7.55. The number of pyridine rings is 1. The van der Waals surface area contributed by atoms with E-state index < -0.39 is 30.1 Å². The molecule has 3 heterocycles. The third-order valence-electron chi connectivity index (χ3n) is 5.31. The molecule has 3 amide bonds. The molecule has 2 aromatic rings. The first kappa shape index (κ1) is 21.1. The van der Waals surface area contributed by atoms with Crippen LogP contribution in [0.3, 0.4) is 0 Å². The number of rotatable bonds is 5. The van der Waals surface area contributed by atoms with E-state index in [1.165, 1.54) is 18.0 Å². The summed E-state index contributed by atoms with van der Waals surface area (Å²) in [6.45, 7) is 1.63. The molecule has 2 aliphatic rings. The number of carbonyl (C=O) groups is 3. The van der Waals surface area contributed by atoms with Crippen LogP contribution in [-0.2, 0) is 9.59 Å². The molecule has 162 valence electrons. The van der Waals surface area contributed by atoms with Crippen molar-refractivity contribution in [2.24, 2.45) is 0 Å². The number of hydrogen-bond donors (Lipinski definition) is 3. The minimum atomic E-state index is -1.01. The zero-order valence-corrected chi connectivity index (χ0v) is 17.4. The number of piperazine rings is 1. The maximum Gasteiger partial charge on any atom is 0.257 e. The van der Waals surface area contributed by atoms with Gasteiger partial charge in [0.15, 0.2) is 0 Å². The van der Waals surface area contributed by atoms with Gasteiger partial charge >= 0.3 is 0 Å². The van der Waals surface area contributed by atoms with E-state index in [0.717, 1.165) is 0 Å². The molecule has 4 atom stereocenters. The molecule has 9 nitrogen and oxygen atoms in total. The van der Waals surface area contributed by atoms with E-state index in [4.69, 9.17) is 16.3 Å². The minimum absolute atomic E-state index is 0.126. The van der Waals surface area contributed by atoms with E-state index in [1.807, 2.05) is 0 Å². The van der Waals surface area contributed by atoms with E-state index in [9.17, 15) is 19.5 Å². The number of fused-ring (bicyclic) bond motifs is 1.